The summed E-state index contributed by atoms with van der Waals surface area (Å²) in [5.74, 6) is 0.297. The van der Waals surface area contributed by atoms with Crippen LogP contribution in [-0.4, -0.2) is 58.7 Å². The van der Waals surface area contributed by atoms with E-state index in [0.717, 1.165) is 22.3 Å². The van der Waals surface area contributed by atoms with Crippen LogP contribution >= 0.6 is 0 Å². The monoisotopic (exact) mass is 495 g/mol. The highest BCUT2D eigenvalue weighted by Gasteiger charge is 2.51. The molecular weight excluding hydrogens is 466 g/mol. The first kappa shape index (κ1) is 23.4. The molecule has 0 bridgehead atoms. The number of hydrogen-bond donors (Lipinski definition) is 2. The van der Waals surface area contributed by atoms with Gasteiger partial charge < -0.3 is 15.5 Å². The largest absolute Gasteiger partial charge is 0.325 e. The van der Waals surface area contributed by atoms with Crippen LogP contribution in [0.3, 0.4) is 0 Å². The van der Waals surface area contributed by atoms with Crippen molar-refractivity contribution in [2.24, 2.45) is 0 Å². The van der Waals surface area contributed by atoms with Gasteiger partial charge in [0.1, 0.15) is 12.4 Å². The third kappa shape index (κ3) is 3.88. The number of carbonyl (C=O) groups is 3. The molecule has 3 heterocycles. The molecule has 2 N–H and O–H groups in total. The fraction of sp³-hybridized carbons (Fsp3) is 0.310. The predicted octanol–water partition coefficient (Wildman–Crippen LogP) is 2.91. The SMILES string of the molecule is C[C@@H]1C(=O)N(CC(=O)Nc2ccc3c(c2)C[C@@]2(C3)C(=O)Nc3ncccc32)[C@H](c2ccccc2)CN1C. The van der Waals surface area contributed by atoms with Crippen molar-refractivity contribution in [2.45, 2.75) is 37.3 Å². The number of piperazine rings is 1. The second-order valence-corrected chi connectivity index (χ2v) is 10.3. The number of amides is 3. The molecule has 37 heavy (non-hydrogen) atoms. The van der Waals surface area contributed by atoms with Crippen molar-refractivity contribution in [3.8, 4) is 0 Å². The fourth-order valence-corrected chi connectivity index (χ4v) is 5.96. The van der Waals surface area contributed by atoms with Gasteiger partial charge in [-0.1, -0.05) is 42.5 Å². The molecule has 1 saturated heterocycles. The molecule has 1 aliphatic carbocycles. The number of likely N-dealkylation sites (N-methyl/N-ethyl adjacent to an activating group) is 1. The van der Waals surface area contributed by atoms with E-state index in [0.29, 0.717) is 30.9 Å². The highest BCUT2D eigenvalue weighted by Crippen LogP contribution is 2.47. The quantitative estimate of drug-likeness (QED) is 0.581. The van der Waals surface area contributed by atoms with Crippen molar-refractivity contribution < 1.29 is 14.4 Å². The van der Waals surface area contributed by atoms with E-state index in [1.54, 1.807) is 11.1 Å². The summed E-state index contributed by atoms with van der Waals surface area (Å²) in [6.45, 7) is 2.50. The predicted molar refractivity (Wildman–Crippen MR) is 140 cm³/mol. The van der Waals surface area contributed by atoms with E-state index in [4.69, 9.17) is 0 Å². The summed E-state index contributed by atoms with van der Waals surface area (Å²) in [4.78, 5) is 47.4. The lowest BCUT2D eigenvalue weighted by Gasteiger charge is -2.43. The Kier molecular flexibility index (Phi) is 5.56. The summed E-state index contributed by atoms with van der Waals surface area (Å²) in [7, 11) is 1.94. The molecule has 0 radical (unpaired) electrons. The smallest absolute Gasteiger partial charge is 0.244 e. The van der Waals surface area contributed by atoms with Crippen LogP contribution in [0.4, 0.5) is 11.5 Å². The van der Waals surface area contributed by atoms with E-state index in [1.165, 1.54) is 0 Å². The van der Waals surface area contributed by atoms with E-state index in [-0.39, 0.29) is 36.3 Å². The lowest BCUT2D eigenvalue weighted by Crippen LogP contribution is -2.57. The Hall–Kier alpha value is -4.04. The summed E-state index contributed by atoms with van der Waals surface area (Å²) < 4.78 is 0. The van der Waals surface area contributed by atoms with E-state index in [1.807, 2.05) is 79.5 Å². The zero-order valence-electron chi connectivity index (χ0n) is 20.9. The van der Waals surface area contributed by atoms with Gasteiger partial charge in [-0.15, -0.1) is 0 Å². The topological polar surface area (TPSA) is 94.6 Å². The second-order valence-electron chi connectivity index (χ2n) is 10.3. The number of benzene rings is 2. The Morgan fingerprint density at radius 1 is 1.08 bits per heavy atom. The Morgan fingerprint density at radius 3 is 2.68 bits per heavy atom. The zero-order chi connectivity index (χ0) is 25.7. The van der Waals surface area contributed by atoms with Gasteiger partial charge in [-0.25, -0.2) is 4.98 Å². The van der Waals surface area contributed by atoms with Crippen molar-refractivity contribution in [3.05, 3.63) is 89.1 Å². The summed E-state index contributed by atoms with van der Waals surface area (Å²) in [6.07, 6.45) is 2.84. The number of fused-ring (bicyclic) bond motifs is 3. The molecule has 1 fully saturated rings. The minimum atomic E-state index is -0.653. The van der Waals surface area contributed by atoms with Gasteiger partial charge in [0.05, 0.1) is 17.5 Å². The van der Waals surface area contributed by atoms with Gasteiger partial charge in [0.25, 0.3) is 0 Å². The Balaban J connectivity index is 1.20. The summed E-state index contributed by atoms with van der Waals surface area (Å²) >= 11 is 0. The van der Waals surface area contributed by atoms with Crippen LogP contribution in [-0.2, 0) is 32.6 Å². The van der Waals surface area contributed by atoms with E-state index in [2.05, 4.69) is 15.6 Å². The van der Waals surface area contributed by atoms with Crippen LogP contribution in [0.15, 0.2) is 66.9 Å². The van der Waals surface area contributed by atoms with Gasteiger partial charge in [-0.05, 0) is 61.7 Å². The van der Waals surface area contributed by atoms with Gasteiger partial charge in [0.15, 0.2) is 0 Å². The molecule has 0 saturated carbocycles. The Labute approximate surface area is 215 Å². The number of rotatable bonds is 4. The Bertz CT molecular complexity index is 1410. The highest BCUT2D eigenvalue weighted by molar-refractivity contribution is 6.06. The first-order valence-corrected chi connectivity index (χ1v) is 12.6. The normalized spacial score (nSPS) is 24.6. The highest BCUT2D eigenvalue weighted by atomic mass is 16.2. The number of anilines is 2. The molecule has 1 spiro atoms. The lowest BCUT2D eigenvalue weighted by molar-refractivity contribution is -0.147. The van der Waals surface area contributed by atoms with Crippen molar-refractivity contribution >= 4 is 29.2 Å². The number of aromatic nitrogens is 1. The van der Waals surface area contributed by atoms with E-state index >= 15 is 0 Å². The van der Waals surface area contributed by atoms with Crippen LogP contribution in [0.1, 0.15) is 35.2 Å². The number of hydrogen-bond acceptors (Lipinski definition) is 5. The third-order valence-corrected chi connectivity index (χ3v) is 8.10. The van der Waals surface area contributed by atoms with Gasteiger partial charge in [0.2, 0.25) is 17.7 Å². The minimum Gasteiger partial charge on any atom is -0.325 e. The van der Waals surface area contributed by atoms with Crippen LogP contribution < -0.4 is 10.6 Å². The third-order valence-electron chi connectivity index (χ3n) is 8.10. The average Bonchev–Trinajstić information content (AvgIpc) is 3.41. The van der Waals surface area contributed by atoms with Gasteiger partial charge in [-0.3, -0.25) is 19.3 Å². The van der Waals surface area contributed by atoms with Crippen LogP contribution in [0.5, 0.6) is 0 Å². The molecule has 1 aromatic heterocycles. The minimum absolute atomic E-state index is 0.0287. The molecule has 6 rings (SSSR count). The van der Waals surface area contributed by atoms with Crippen molar-refractivity contribution in [1.82, 2.24) is 14.8 Å². The molecule has 3 aromatic rings. The van der Waals surface area contributed by atoms with E-state index < -0.39 is 5.41 Å². The number of nitrogens with one attached hydrogen (secondary N) is 2. The van der Waals surface area contributed by atoms with Gasteiger partial charge in [-0.2, -0.15) is 0 Å². The molecule has 8 nitrogen and oxygen atoms in total. The molecular formula is C29H29N5O3. The molecule has 2 aromatic carbocycles. The van der Waals surface area contributed by atoms with Crippen molar-refractivity contribution in [2.75, 3.05) is 30.8 Å². The Morgan fingerprint density at radius 2 is 1.86 bits per heavy atom. The van der Waals surface area contributed by atoms with Gasteiger partial charge >= 0.3 is 0 Å². The van der Waals surface area contributed by atoms with Crippen molar-refractivity contribution in [1.29, 1.82) is 0 Å². The van der Waals surface area contributed by atoms with Crippen LogP contribution in [0, 0.1) is 0 Å². The number of nitrogens with zero attached hydrogens (tertiary/aromatic N) is 3. The maximum Gasteiger partial charge on any atom is 0.244 e. The van der Waals surface area contributed by atoms with Gasteiger partial charge in [0, 0.05) is 24.0 Å². The van der Waals surface area contributed by atoms with Crippen LogP contribution in [0.2, 0.25) is 0 Å². The summed E-state index contributed by atoms with van der Waals surface area (Å²) in [5.41, 5.74) is 4.08. The maximum absolute atomic E-state index is 13.2. The molecule has 2 aliphatic heterocycles. The van der Waals surface area contributed by atoms with Crippen molar-refractivity contribution in [3.63, 3.8) is 0 Å². The molecule has 3 aliphatic rings. The summed E-state index contributed by atoms with van der Waals surface area (Å²) in [6, 6.07) is 19.0. The molecule has 3 atom stereocenters. The maximum atomic E-state index is 13.2. The molecule has 3 amide bonds. The molecule has 8 heteroatoms. The standard InChI is InChI=1S/C29H29N5O3/c1-18-27(36)34(24(16-33(18)2)19-7-4-3-5-8-19)17-25(35)31-22-11-10-20-14-29(15-21(20)13-22)23-9-6-12-30-26(23)32-28(29)37/h3-13,18,24H,14-17H2,1-2H3,(H,31,35)(H,30,32,37)/t18-,24+,29-/m1/s1. The lowest BCUT2D eigenvalue weighted by atomic mass is 9.79. The summed E-state index contributed by atoms with van der Waals surface area (Å²) in [5, 5.41) is 5.91. The van der Waals surface area contributed by atoms with E-state index in [9.17, 15) is 14.4 Å². The fourth-order valence-electron chi connectivity index (χ4n) is 5.96. The molecule has 0 unspecified atom stereocenters. The number of pyridine rings is 1. The van der Waals surface area contributed by atoms with Crippen LogP contribution in [0.25, 0.3) is 0 Å². The zero-order valence-corrected chi connectivity index (χ0v) is 20.9. The first-order valence-electron chi connectivity index (χ1n) is 12.6. The average molecular weight is 496 g/mol. The first-order chi connectivity index (χ1) is 17.9. The molecule has 188 valence electrons. The second kappa shape index (κ2) is 8.81. The number of carbonyl (C=O) groups excluding carboxylic acids is 3.